The lowest BCUT2D eigenvalue weighted by Gasteiger charge is -2.28. The van der Waals surface area contributed by atoms with E-state index in [0.717, 1.165) is 18.7 Å². The van der Waals surface area contributed by atoms with Crippen LogP contribution in [0, 0.1) is 0 Å². The second-order valence-corrected chi connectivity index (χ2v) is 7.51. The Morgan fingerprint density at radius 3 is 2.20 bits per heavy atom. The summed E-state index contributed by atoms with van der Waals surface area (Å²) >= 11 is 0. The second kappa shape index (κ2) is 10.9. The Kier molecular flexibility index (Phi) is 7.97. The van der Waals surface area contributed by atoms with Gasteiger partial charge in [-0.2, -0.15) is 0 Å². The van der Waals surface area contributed by atoms with Gasteiger partial charge in [-0.3, -0.25) is 9.69 Å². The fourth-order valence-electron chi connectivity index (χ4n) is 4.02. The van der Waals surface area contributed by atoms with Crippen molar-refractivity contribution in [2.45, 2.75) is 31.7 Å². The fraction of sp³-hybridized carbons (Fsp3) is 0.458. The van der Waals surface area contributed by atoms with Gasteiger partial charge in [-0.15, -0.1) is 0 Å². The summed E-state index contributed by atoms with van der Waals surface area (Å²) in [6.45, 7) is 2.79. The van der Waals surface area contributed by atoms with Crippen molar-refractivity contribution in [3.05, 3.63) is 53.6 Å². The highest BCUT2D eigenvalue weighted by atomic mass is 16.5. The van der Waals surface area contributed by atoms with Crippen molar-refractivity contribution in [3.63, 3.8) is 0 Å². The van der Waals surface area contributed by atoms with Crippen molar-refractivity contribution in [2.24, 2.45) is 0 Å². The highest BCUT2D eigenvalue weighted by Gasteiger charge is 2.23. The van der Waals surface area contributed by atoms with Gasteiger partial charge in [0, 0.05) is 13.0 Å². The molecule has 1 heterocycles. The van der Waals surface area contributed by atoms with Crippen LogP contribution in [0.3, 0.4) is 0 Å². The standard InChI is InChI=1S/C24H32N2O4/c1-28-21-15-18(16-22(29-2)24(21)30-3)11-12-23(27)25-17-20(26-13-7-8-14-26)19-9-5-4-6-10-19/h4-6,9-10,15-16,20H,7-8,11-14,17H2,1-3H3,(H,25,27)/t20-/m1/s1. The van der Waals surface area contributed by atoms with E-state index in [1.807, 2.05) is 18.2 Å². The number of likely N-dealkylation sites (tertiary alicyclic amines) is 1. The minimum absolute atomic E-state index is 0.0453. The van der Waals surface area contributed by atoms with E-state index in [-0.39, 0.29) is 11.9 Å². The average Bonchev–Trinajstić information content (AvgIpc) is 3.32. The second-order valence-electron chi connectivity index (χ2n) is 7.51. The topological polar surface area (TPSA) is 60.0 Å². The smallest absolute Gasteiger partial charge is 0.220 e. The van der Waals surface area contributed by atoms with Crippen LogP contribution in [-0.4, -0.2) is 51.8 Å². The van der Waals surface area contributed by atoms with E-state index in [0.29, 0.717) is 36.6 Å². The normalized spacial score (nSPS) is 14.9. The molecule has 162 valence electrons. The predicted molar refractivity (Wildman–Crippen MR) is 117 cm³/mol. The molecular formula is C24H32N2O4. The number of hydrogen-bond acceptors (Lipinski definition) is 5. The molecule has 0 aliphatic carbocycles. The van der Waals surface area contributed by atoms with Crippen molar-refractivity contribution in [1.82, 2.24) is 10.2 Å². The van der Waals surface area contributed by atoms with E-state index in [2.05, 4.69) is 34.5 Å². The van der Waals surface area contributed by atoms with Gasteiger partial charge in [-0.25, -0.2) is 0 Å². The monoisotopic (exact) mass is 412 g/mol. The number of carbonyl (C=O) groups is 1. The minimum Gasteiger partial charge on any atom is -0.493 e. The van der Waals surface area contributed by atoms with Crippen molar-refractivity contribution < 1.29 is 19.0 Å². The van der Waals surface area contributed by atoms with Crippen LogP contribution in [0.2, 0.25) is 0 Å². The first-order valence-electron chi connectivity index (χ1n) is 10.5. The van der Waals surface area contributed by atoms with E-state index < -0.39 is 0 Å². The van der Waals surface area contributed by atoms with Crippen molar-refractivity contribution in [2.75, 3.05) is 41.0 Å². The van der Waals surface area contributed by atoms with Crippen LogP contribution in [0.15, 0.2) is 42.5 Å². The summed E-state index contributed by atoms with van der Waals surface area (Å²) in [5.41, 5.74) is 2.23. The Bertz CT molecular complexity index is 794. The van der Waals surface area contributed by atoms with Gasteiger partial charge < -0.3 is 19.5 Å². The zero-order valence-electron chi connectivity index (χ0n) is 18.1. The molecule has 1 saturated heterocycles. The molecule has 1 atom stereocenters. The molecule has 1 N–H and O–H groups in total. The zero-order chi connectivity index (χ0) is 21.3. The highest BCUT2D eigenvalue weighted by molar-refractivity contribution is 5.76. The predicted octanol–water partition coefficient (Wildman–Crippen LogP) is 3.60. The average molecular weight is 413 g/mol. The summed E-state index contributed by atoms with van der Waals surface area (Å²) in [6.07, 6.45) is 3.44. The molecular weight excluding hydrogens is 380 g/mol. The molecule has 0 saturated carbocycles. The molecule has 2 aromatic carbocycles. The number of amides is 1. The first kappa shape index (κ1) is 22.0. The number of methoxy groups -OCH3 is 3. The van der Waals surface area contributed by atoms with Crippen LogP contribution in [0.5, 0.6) is 17.2 Å². The van der Waals surface area contributed by atoms with Crippen molar-refractivity contribution in [1.29, 1.82) is 0 Å². The van der Waals surface area contributed by atoms with Gasteiger partial charge >= 0.3 is 0 Å². The summed E-state index contributed by atoms with van der Waals surface area (Å²) in [5.74, 6) is 1.81. The van der Waals surface area contributed by atoms with Gasteiger partial charge in [-0.1, -0.05) is 30.3 Å². The third kappa shape index (κ3) is 5.45. The van der Waals surface area contributed by atoms with Crippen LogP contribution in [0.4, 0.5) is 0 Å². The lowest BCUT2D eigenvalue weighted by Crippen LogP contribution is -2.36. The van der Waals surface area contributed by atoms with Gasteiger partial charge in [0.15, 0.2) is 11.5 Å². The first-order chi connectivity index (χ1) is 14.7. The van der Waals surface area contributed by atoms with Crippen LogP contribution < -0.4 is 19.5 Å². The van der Waals surface area contributed by atoms with Gasteiger partial charge in [0.1, 0.15) is 0 Å². The minimum atomic E-state index is 0.0453. The molecule has 30 heavy (non-hydrogen) atoms. The lowest BCUT2D eigenvalue weighted by atomic mass is 10.0. The number of benzene rings is 2. The molecule has 6 nitrogen and oxygen atoms in total. The molecule has 0 spiro atoms. The number of aryl methyl sites for hydroxylation is 1. The largest absolute Gasteiger partial charge is 0.493 e. The van der Waals surface area contributed by atoms with Crippen LogP contribution in [0.25, 0.3) is 0 Å². The van der Waals surface area contributed by atoms with Crippen LogP contribution in [-0.2, 0) is 11.2 Å². The molecule has 3 rings (SSSR count). The molecule has 0 bridgehead atoms. The Morgan fingerprint density at radius 1 is 1.00 bits per heavy atom. The summed E-state index contributed by atoms with van der Waals surface area (Å²) in [6, 6.07) is 14.4. The van der Waals surface area contributed by atoms with E-state index in [1.54, 1.807) is 21.3 Å². The van der Waals surface area contributed by atoms with E-state index in [4.69, 9.17) is 14.2 Å². The highest BCUT2D eigenvalue weighted by Crippen LogP contribution is 2.38. The molecule has 1 amide bonds. The zero-order valence-corrected chi connectivity index (χ0v) is 18.1. The Balaban J connectivity index is 1.60. The maximum Gasteiger partial charge on any atom is 0.220 e. The SMILES string of the molecule is COc1cc(CCC(=O)NC[C@H](c2ccccc2)N2CCCC2)cc(OC)c1OC. The van der Waals surface area contributed by atoms with Crippen molar-refractivity contribution in [3.8, 4) is 17.2 Å². The first-order valence-corrected chi connectivity index (χ1v) is 10.5. The number of ether oxygens (including phenoxy) is 3. The summed E-state index contributed by atoms with van der Waals surface area (Å²) in [5, 5.41) is 3.14. The number of nitrogens with zero attached hydrogens (tertiary/aromatic N) is 1. The third-order valence-corrected chi connectivity index (χ3v) is 5.62. The number of carbonyl (C=O) groups excluding carboxylic acids is 1. The molecule has 0 radical (unpaired) electrons. The van der Waals surface area contributed by atoms with Gasteiger partial charge in [0.2, 0.25) is 11.7 Å². The van der Waals surface area contributed by atoms with E-state index >= 15 is 0 Å². The third-order valence-electron chi connectivity index (χ3n) is 5.62. The number of rotatable bonds is 10. The summed E-state index contributed by atoms with van der Waals surface area (Å²) < 4.78 is 16.2. The van der Waals surface area contributed by atoms with Crippen molar-refractivity contribution >= 4 is 5.91 Å². The van der Waals surface area contributed by atoms with Crippen LogP contribution in [0.1, 0.15) is 36.4 Å². The fourth-order valence-corrected chi connectivity index (χ4v) is 4.02. The Labute approximate surface area is 179 Å². The van der Waals surface area contributed by atoms with E-state index in [1.165, 1.54) is 18.4 Å². The molecule has 0 unspecified atom stereocenters. The molecule has 6 heteroatoms. The van der Waals surface area contributed by atoms with E-state index in [9.17, 15) is 4.79 Å². The molecule has 0 aromatic heterocycles. The Morgan fingerprint density at radius 2 is 1.63 bits per heavy atom. The number of hydrogen-bond donors (Lipinski definition) is 1. The van der Waals surface area contributed by atoms with Crippen LogP contribution >= 0.6 is 0 Å². The van der Waals surface area contributed by atoms with Gasteiger partial charge in [-0.05, 0) is 55.6 Å². The quantitative estimate of drug-likeness (QED) is 0.646. The number of nitrogens with one attached hydrogen (secondary N) is 1. The molecule has 1 aliphatic rings. The summed E-state index contributed by atoms with van der Waals surface area (Å²) in [4.78, 5) is 15.0. The maximum absolute atomic E-state index is 12.6. The molecule has 1 fully saturated rings. The molecule has 1 aliphatic heterocycles. The maximum atomic E-state index is 12.6. The Hall–Kier alpha value is -2.73. The van der Waals surface area contributed by atoms with Gasteiger partial charge in [0.05, 0.1) is 27.4 Å². The summed E-state index contributed by atoms with van der Waals surface area (Å²) in [7, 11) is 4.77. The molecule has 2 aromatic rings. The lowest BCUT2D eigenvalue weighted by molar-refractivity contribution is -0.121. The van der Waals surface area contributed by atoms with Gasteiger partial charge in [0.25, 0.3) is 0 Å².